The highest BCUT2D eigenvalue weighted by Crippen LogP contribution is 2.00. The van der Waals surface area contributed by atoms with Crippen LogP contribution < -0.4 is 11.2 Å². The first-order chi connectivity index (χ1) is 7.70. The van der Waals surface area contributed by atoms with Crippen molar-refractivity contribution in [1.82, 2.24) is 19.1 Å². The molecule has 2 heterocycles. The van der Waals surface area contributed by atoms with Crippen LogP contribution in [-0.2, 0) is 13.1 Å². The van der Waals surface area contributed by atoms with Crippen LogP contribution in [0.25, 0.3) is 11.2 Å². The van der Waals surface area contributed by atoms with Crippen molar-refractivity contribution in [3.8, 4) is 0 Å². The van der Waals surface area contributed by atoms with Crippen molar-refractivity contribution in [2.24, 2.45) is 0 Å². The van der Waals surface area contributed by atoms with Crippen molar-refractivity contribution in [2.75, 3.05) is 6.61 Å². The third kappa shape index (κ3) is 1.36. The van der Waals surface area contributed by atoms with Crippen molar-refractivity contribution in [3.63, 3.8) is 0 Å². The highest BCUT2D eigenvalue weighted by atomic mass is 16.3. The van der Waals surface area contributed by atoms with Crippen molar-refractivity contribution < 1.29 is 5.11 Å². The minimum absolute atomic E-state index is 0.125. The second-order valence-corrected chi connectivity index (χ2v) is 3.31. The third-order valence-corrected chi connectivity index (χ3v) is 2.44. The summed E-state index contributed by atoms with van der Waals surface area (Å²) in [5, 5.41) is 8.89. The maximum absolute atomic E-state index is 11.9. The van der Waals surface area contributed by atoms with Crippen LogP contribution in [-0.4, -0.2) is 30.8 Å². The van der Waals surface area contributed by atoms with E-state index in [0.29, 0.717) is 0 Å². The number of rotatable bonds is 3. The van der Waals surface area contributed by atoms with E-state index < -0.39 is 5.69 Å². The van der Waals surface area contributed by atoms with E-state index in [1.54, 1.807) is 6.92 Å². The van der Waals surface area contributed by atoms with Gasteiger partial charge in [0, 0.05) is 6.54 Å². The van der Waals surface area contributed by atoms with Crippen molar-refractivity contribution in [2.45, 2.75) is 20.0 Å². The first-order valence-corrected chi connectivity index (χ1v) is 4.98. The summed E-state index contributed by atoms with van der Waals surface area (Å²) < 4.78 is 2.40. The zero-order valence-corrected chi connectivity index (χ0v) is 8.80. The smallest absolute Gasteiger partial charge is 0.332 e. The molecular formula is C9H12N4O3. The first kappa shape index (κ1) is 10.6. The van der Waals surface area contributed by atoms with E-state index in [4.69, 9.17) is 5.11 Å². The minimum Gasteiger partial charge on any atom is -0.395 e. The Hall–Kier alpha value is -1.89. The van der Waals surface area contributed by atoms with Gasteiger partial charge < -0.3 is 10.1 Å². The quantitative estimate of drug-likeness (QED) is 0.692. The summed E-state index contributed by atoms with van der Waals surface area (Å²) in [6, 6.07) is 0. The number of nitrogens with zero attached hydrogens (tertiary/aromatic N) is 3. The SMILES string of the molecule is CCn1c(=O)c2[nH]cnc2n(CCO)c1=O. The molecule has 7 heteroatoms. The molecule has 0 amide bonds. The Balaban J connectivity index is 2.92. The Kier molecular flexibility index (Phi) is 2.61. The summed E-state index contributed by atoms with van der Waals surface area (Å²) in [6.45, 7) is 1.95. The standard InChI is InChI=1S/C9H12N4O3/c1-2-12-8(15)6-7(11-5-10-6)13(3-4-14)9(12)16/h5,14H,2-4H2,1H3,(H,10,11). The molecule has 2 aromatic heterocycles. The second-order valence-electron chi connectivity index (χ2n) is 3.31. The van der Waals surface area contributed by atoms with E-state index in [0.717, 1.165) is 4.57 Å². The molecule has 0 bridgehead atoms. The lowest BCUT2D eigenvalue weighted by Crippen LogP contribution is -2.40. The maximum atomic E-state index is 11.9. The highest BCUT2D eigenvalue weighted by Gasteiger charge is 2.13. The number of hydrogen-bond donors (Lipinski definition) is 2. The van der Waals surface area contributed by atoms with Gasteiger partial charge in [0.05, 0.1) is 19.5 Å². The van der Waals surface area contributed by atoms with Gasteiger partial charge in [-0.1, -0.05) is 0 Å². The lowest BCUT2D eigenvalue weighted by molar-refractivity contribution is 0.274. The molecule has 0 aliphatic carbocycles. The monoisotopic (exact) mass is 224 g/mol. The Morgan fingerprint density at radius 3 is 2.81 bits per heavy atom. The molecule has 0 spiro atoms. The number of aromatic amines is 1. The molecule has 0 aliphatic heterocycles. The summed E-state index contributed by atoms with van der Waals surface area (Å²) in [6.07, 6.45) is 1.36. The van der Waals surface area contributed by atoms with Crippen LogP contribution in [0.3, 0.4) is 0 Å². The summed E-state index contributed by atoms with van der Waals surface area (Å²) >= 11 is 0. The number of aromatic nitrogens is 4. The van der Waals surface area contributed by atoms with Crippen LogP contribution in [0.1, 0.15) is 6.92 Å². The predicted octanol–water partition coefficient (Wildman–Crippen LogP) is -1.10. The molecule has 2 N–H and O–H groups in total. The Morgan fingerprint density at radius 2 is 2.19 bits per heavy atom. The summed E-state index contributed by atoms with van der Waals surface area (Å²) in [7, 11) is 0. The topological polar surface area (TPSA) is 92.9 Å². The molecule has 0 saturated heterocycles. The second kappa shape index (κ2) is 3.93. The average molecular weight is 224 g/mol. The van der Waals surface area contributed by atoms with Crippen LogP contribution in [0.2, 0.25) is 0 Å². The van der Waals surface area contributed by atoms with Crippen LogP contribution in [0, 0.1) is 0 Å². The first-order valence-electron chi connectivity index (χ1n) is 4.98. The Labute approximate surface area is 90.0 Å². The zero-order valence-electron chi connectivity index (χ0n) is 8.80. The average Bonchev–Trinajstić information content (AvgIpc) is 2.74. The highest BCUT2D eigenvalue weighted by molar-refractivity contribution is 5.68. The van der Waals surface area contributed by atoms with Gasteiger partial charge in [0.15, 0.2) is 5.65 Å². The zero-order chi connectivity index (χ0) is 11.7. The summed E-state index contributed by atoms with van der Waals surface area (Å²) in [5.74, 6) is 0. The Bertz CT molecular complexity index is 622. The number of aliphatic hydroxyl groups is 1. The van der Waals surface area contributed by atoms with Gasteiger partial charge in [0.1, 0.15) is 5.52 Å². The molecule has 7 nitrogen and oxygen atoms in total. The fraction of sp³-hybridized carbons (Fsp3) is 0.444. The van der Waals surface area contributed by atoms with Crippen LogP contribution in [0.5, 0.6) is 0 Å². The number of fused-ring (bicyclic) bond motifs is 1. The van der Waals surface area contributed by atoms with E-state index in [2.05, 4.69) is 9.97 Å². The molecule has 16 heavy (non-hydrogen) atoms. The number of nitrogens with one attached hydrogen (secondary N) is 1. The van der Waals surface area contributed by atoms with Gasteiger partial charge in [-0.15, -0.1) is 0 Å². The molecule has 0 saturated carbocycles. The molecule has 0 atom stereocenters. The fourth-order valence-corrected chi connectivity index (χ4v) is 1.69. The summed E-state index contributed by atoms with van der Waals surface area (Å²) in [4.78, 5) is 30.3. The van der Waals surface area contributed by atoms with Gasteiger partial charge in [-0.2, -0.15) is 0 Å². The molecule has 2 aromatic rings. The van der Waals surface area contributed by atoms with Gasteiger partial charge in [-0.3, -0.25) is 13.9 Å². The molecule has 0 radical (unpaired) electrons. The van der Waals surface area contributed by atoms with E-state index in [-0.39, 0.29) is 36.4 Å². The van der Waals surface area contributed by atoms with E-state index in [1.807, 2.05) is 0 Å². The molecule has 86 valence electrons. The van der Waals surface area contributed by atoms with E-state index in [1.165, 1.54) is 10.9 Å². The normalized spacial score (nSPS) is 11.1. The minimum atomic E-state index is -0.443. The van der Waals surface area contributed by atoms with E-state index >= 15 is 0 Å². The molecule has 0 unspecified atom stereocenters. The van der Waals surface area contributed by atoms with Crippen LogP contribution in [0.4, 0.5) is 0 Å². The molecule has 2 rings (SSSR count). The fourth-order valence-electron chi connectivity index (χ4n) is 1.69. The van der Waals surface area contributed by atoms with Crippen LogP contribution in [0.15, 0.2) is 15.9 Å². The third-order valence-electron chi connectivity index (χ3n) is 2.44. The predicted molar refractivity (Wildman–Crippen MR) is 57.4 cm³/mol. The van der Waals surface area contributed by atoms with Crippen LogP contribution >= 0.6 is 0 Å². The van der Waals surface area contributed by atoms with Crippen molar-refractivity contribution >= 4 is 11.2 Å². The number of imidazole rings is 1. The number of H-pyrrole nitrogens is 1. The molecule has 0 aromatic carbocycles. The Morgan fingerprint density at radius 1 is 1.44 bits per heavy atom. The molecular weight excluding hydrogens is 212 g/mol. The largest absolute Gasteiger partial charge is 0.395 e. The van der Waals surface area contributed by atoms with Gasteiger partial charge >= 0.3 is 5.69 Å². The van der Waals surface area contributed by atoms with Gasteiger partial charge in [-0.05, 0) is 6.92 Å². The molecule has 0 fully saturated rings. The van der Waals surface area contributed by atoms with Crippen molar-refractivity contribution in [1.29, 1.82) is 0 Å². The maximum Gasteiger partial charge on any atom is 0.332 e. The van der Waals surface area contributed by atoms with Gasteiger partial charge in [0.25, 0.3) is 5.56 Å². The number of aliphatic hydroxyl groups excluding tert-OH is 1. The summed E-state index contributed by atoms with van der Waals surface area (Å²) in [5.41, 5.74) is -0.251. The number of hydrogen-bond acceptors (Lipinski definition) is 4. The van der Waals surface area contributed by atoms with Gasteiger partial charge in [-0.25, -0.2) is 9.78 Å². The van der Waals surface area contributed by atoms with Crippen molar-refractivity contribution in [3.05, 3.63) is 27.2 Å². The lowest BCUT2D eigenvalue weighted by atomic mass is 10.5. The van der Waals surface area contributed by atoms with E-state index in [9.17, 15) is 9.59 Å². The molecule has 0 aliphatic rings. The lowest BCUT2D eigenvalue weighted by Gasteiger charge is -2.07. The van der Waals surface area contributed by atoms with Gasteiger partial charge in [0.2, 0.25) is 0 Å².